The van der Waals surface area contributed by atoms with E-state index in [1.807, 2.05) is 25.1 Å². The van der Waals surface area contributed by atoms with Crippen LogP contribution in [0.1, 0.15) is 22.8 Å². The van der Waals surface area contributed by atoms with E-state index in [0.717, 1.165) is 11.6 Å². The SMILES string of the molecule is CC(Cc1cccc(Cl)c1)NC(=O)c1cc(F)ccc1N. The number of nitrogens with one attached hydrogen (secondary N) is 1. The van der Waals surface area contributed by atoms with Gasteiger partial charge in [-0.25, -0.2) is 4.39 Å². The summed E-state index contributed by atoms with van der Waals surface area (Å²) in [5.41, 5.74) is 7.11. The molecule has 0 saturated carbocycles. The highest BCUT2D eigenvalue weighted by atomic mass is 35.5. The average molecular weight is 307 g/mol. The zero-order valence-corrected chi connectivity index (χ0v) is 12.3. The second-order valence-electron chi connectivity index (χ2n) is 4.94. The lowest BCUT2D eigenvalue weighted by Gasteiger charge is -2.15. The lowest BCUT2D eigenvalue weighted by molar-refractivity contribution is 0.0940. The van der Waals surface area contributed by atoms with Crippen molar-refractivity contribution in [2.45, 2.75) is 19.4 Å². The fourth-order valence-electron chi connectivity index (χ4n) is 2.10. The molecule has 1 amide bonds. The van der Waals surface area contributed by atoms with Crippen LogP contribution in [0, 0.1) is 5.82 Å². The molecule has 110 valence electrons. The van der Waals surface area contributed by atoms with Crippen molar-refractivity contribution in [3.8, 4) is 0 Å². The maximum absolute atomic E-state index is 13.2. The summed E-state index contributed by atoms with van der Waals surface area (Å²) >= 11 is 5.92. The van der Waals surface area contributed by atoms with E-state index in [-0.39, 0.29) is 23.2 Å². The third-order valence-electron chi connectivity index (χ3n) is 3.07. The molecule has 1 unspecified atom stereocenters. The van der Waals surface area contributed by atoms with Crippen molar-refractivity contribution in [1.82, 2.24) is 5.32 Å². The number of rotatable bonds is 4. The molecule has 3 N–H and O–H groups in total. The summed E-state index contributed by atoms with van der Waals surface area (Å²) in [4.78, 5) is 12.1. The largest absolute Gasteiger partial charge is 0.398 e. The van der Waals surface area contributed by atoms with Crippen LogP contribution in [0.3, 0.4) is 0 Å². The first-order chi connectivity index (χ1) is 9.95. The maximum atomic E-state index is 13.2. The predicted octanol–water partition coefficient (Wildman–Crippen LogP) is 3.42. The molecule has 0 heterocycles. The fraction of sp³-hybridized carbons (Fsp3) is 0.188. The molecule has 0 aliphatic carbocycles. The Bertz CT molecular complexity index is 660. The van der Waals surface area contributed by atoms with Gasteiger partial charge >= 0.3 is 0 Å². The topological polar surface area (TPSA) is 55.1 Å². The monoisotopic (exact) mass is 306 g/mol. The van der Waals surface area contributed by atoms with Gasteiger partial charge in [-0.15, -0.1) is 0 Å². The molecule has 0 bridgehead atoms. The Morgan fingerprint density at radius 3 is 2.81 bits per heavy atom. The van der Waals surface area contributed by atoms with E-state index in [4.69, 9.17) is 17.3 Å². The second kappa shape index (κ2) is 6.59. The Balaban J connectivity index is 2.03. The Morgan fingerprint density at radius 2 is 2.10 bits per heavy atom. The van der Waals surface area contributed by atoms with Gasteiger partial charge in [-0.05, 0) is 49.2 Å². The van der Waals surface area contributed by atoms with Crippen LogP contribution < -0.4 is 11.1 Å². The highest BCUT2D eigenvalue weighted by Gasteiger charge is 2.14. The average Bonchev–Trinajstić information content (AvgIpc) is 2.41. The second-order valence-corrected chi connectivity index (χ2v) is 5.38. The third kappa shape index (κ3) is 4.20. The highest BCUT2D eigenvalue weighted by molar-refractivity contribution is 6.30. The third-order valence-corrected chi connectivity index (χ3v) is 3.30. The summed E-state index contributed by atoms with van der Waals surface area (Å²) in [5, 5.41) is 3.46. The normalized spacial score (nSPS) is 12.0. The van der Waals surface area contributed by atoms with Crippen LogP contribution in [0.4, 0.5) is 10.1 Å². The molecule has 2 rings (SSSR count). The number of hydrogen-bond donors (Lipinski definition) is 2. The van der Waals surface area contributed by atoms with Crippen LogP contribution in [-0.4, -0.2) is 11.9 Å². The summed E-state index contributed by atoms with van der Waals surface area (Å²) in [6, 6.07) is 11.0. The number of benzene rings is 2. The van der Waals surface area contributed by atoms with Gasteiger partial charge in [0.15, 0.2) is 0 Å². The van der Waals surface area contributed by atoms with E-state index >= 15 is 0 Å². The van der Waals surface area contributed by atoms with E-state index in [1.54, 1.807) is 6.07 Å². The van der Waals surface area contributed by atoms with Gasteiger partial charge in [-0.2, -0.15) is 0 Å². The molecule has 0 radical (unpaired) electrons. The first-order valence-electron chi connectivity index (χ1n) is 6.56. The van der Waals surface area contributed by atoms with Gasteiger partial charge in [0.2, 0.25) is 0 Å². The van der Waals surface area contributed by atoms with Crippen LogP contribution in [0.2, 0.25) is 5.02 Å². The molecule has 3 nitrogen and oxygen atoms in total. The zero-order chi connectivity index (χ0) is 15.4. The van der Waals surface area contributed by atoms with Gasteiger partial charge in [0.25, 0.3) is 5.91 Å². The number of amides is 1. The highest BCUT2D eigenvalue weighted by Crippen LogP contribution is 2.15. The van der Waals surface area contributed by atoms with Crippen LogP contribution in [-0.2, 0) is 6.42 Å². The maximum Gasteiger partial charge on any atom is 0.253 e. The molecule has 5 heteroatoms. The molecule has 1 atom stereocenters. The Morgan fingerprint density at radius 1 is 1.33 bits per heavy atom. The van der Waals surface area contributed by atoms with E-state index in [9.17, 15) is 9.18 Å². The van der Waals surface area contributed by atoms with Crippen molar-refractivity contribution in [2.24, 2.45) is 0 Å². The van der Waals surface area contributed by atoms with E-state index in [1.165, 1.54) is 12.1 Å². The standard InChI is InChI=1S/C16H16ClFN2O/c1-10(7-11-3-2-4-12(17)8-11)20-16(21)14-9-13(18)5-6-15(14)19/h2-6,8-10H,7,19H2,1H3,(H,20,21). The van der Waals surface area contributed by atoms with E-state index in [2.05, 4.69) is 5.32 Å². The molecule has 2 aromatic carbocycles. The molecule has 0 saturated heterocycles. The molecule has 0 aliphatic heterocycles. The van der Waals surface area contributed by atoms with Crippen molar-refractivity contribution in [3.05, 3.63) is 64.4 Å². The van der Waals surface area contributed by atoms with Gasteiger partial charge in [-0.1, -0.05) is 23.7 Å². The summed E-state index contributed by atoms with van der Waals surface area (Å²) in [7, 11) is 0. The molecular formula is C16H16ClFN2O. The van der Waals surface area contributed by atoms with Crippen molar-refractivity contribution >= 4 is 23.2 Å². The van der Waals surface area contributed by atoms with Crippen molar-refractivity contribution < 1.29 is 9.18 Å². The number of carbonyl (C=O) groups excluding carboxylic acids is 1. The van der Waals surface area contributed by atoms with Gasteiger partial charge in [0.05, 0.1) is 5.56 Å². The number of hydrogen-bond acceptors (Lipinski definition) is 2. The fourth-order valence-corrected chi connectivity index (χ4v) is 2.31. The molecule has 2 aromatic rings. The Kier molecular flexibility index (Phi) is 4.81. The lowest BCUT2D eigenvalue weighted by Crippen LogP contribution is -2.34. The molecule has 0 aromatic heterocycles. The number of nitrogen functional groups attached to an aromatic ring is 1. The predicted molar refractivity (Wildman–Crippen MR) is 82.9 cm³/mol. The quantitative estimate of drug-likeness (QED) is 0.850. The number of halogens is 2. The molecule has 21 heavy (non-hydrogen) atoms. The Labute approximate surface area is 127 Å². The zero-order valence-electron chi connectivity index (χ0n) is 11.6. The van der Waals surface area contributed by atoms with Crippen LogP contribution in [0.25, 0.3) is 0 Å². The van der Waals surface area contributed by atoms with Crippen molar-refractivity contribution in [3.63, 3.8) is 0 Å². The van der Waals surface area contributed by atoms with Gasteiger partial charge in [-0.3, -0.25) is 4.79 Å². The minimum absolute atomic E-state index is 0.126. The summed E-state index contributed by atoms with van der Waals surface area (Å²) in [6.07, 6.45) is 0.627. The first kappa shape index (κ1) is 15.3. The summed E-state index contributed by atoms with van der Waals surface area (Å²) in [6.45, 7) is 1.87. The van der Waals surface area contributed by atoms with Crippen LogP contribution >= 0.6 is 11.6 Å². The first-order valence-corrected chi connectivity index (χ1v) is 6.94. The van der Waals surface area contributed by atoms with E-state index < -0.39 is 5.82 Å². The van der Waals surface area contributed by atoms with E-state index in [0.29, 0.717) is 11.4 Å². The van der Waals surface area contributed by atoms with Crippen LogP contribution in [0.5, 0.6) is 0 Å². The molecular weight excluding hydrogens is 291 g/mol. The van der Waals surface area contributed by atoms with Gasteiger partial charge in [0, 0.05) is 16.8 Å². The lowest BCUT2D eigenvalue weighted by atomic mass is 10.1. The molecule has 0 aliphatic rings. The smallest absolute Gasteiger partial charge is 0.253 e. The summed E-state index contributed by atoms with van der Waals surface area (Å²) < 4.78 is 13.2. The summed E-state index contributed by atoms with van der Waals surface area (Å²) in [5.74, 6) is -0.877. The molecule has 0 fully saturated rings. The van der Waals surface area contributed by atoms with Crippen molar-refractivity contribution in [1.29, 1.82) is 0 Å². The number of nitrogens with two attached hydrogens (primary N) is 1. The Hall–Kier alpha value is -2.07. The minimum atomic E-state index is -0.489. The van der Waals surface area contributed by atoms with Crippen LogP contribution in [0.15, 0.2) is 42.5 Å². The minimum Gasteiger partial charge on any atom is -0.398 e. The van der Waals surface area contributed by atoms with Crippen molar-refractivity contribution in [2.75, 3.05) is 5.73 Å². The number of anilines is 1. The molecule has 0 spiro atoms. The van der Waals surface area contributed by atoms with Gasteiger partial charge < -0.3 is 11.1 Å². The number of carbonyl (C=O) groups is 1. The van der Waals surface area contributed by atoms with Gasteiger partial charge in [0.1, 0.15) is 5.82 Å².